The first-order valence-electron chi connectivity index (χ1n) is 10.8. The largest absolute Gasteiger partial charge is 0.373 e. The van der Waals surface area contributed by atoms with Crippen LogP contribution in [0.3, 0.4) is 0 Å². The Kier molecular flexibility index (Phi) is 6.27. The number of carbonyl (C=O) groups excluding carboxylic acids is 1. The minimum atomic E-state index is -0.249. The smallest absolute Gasteiger partial charge is 0.222 e. The van der Waals surface area contributed by atoms with Crippen molar-refractivity contribution in [2.24, 2.45) is 0 Å². The molecule has 1 saturated heterocycles. The fourth-order valence-corrected chi connectivity index (χ4v) is 4.43. The third-order valence-corrected chi connectivity index (χ3v) is 6.19. The molecule has 6 nitrogen and oxygen atoms in total. The van der Waals surface area contributed by atoms with E-state index in [1.54, 1.807) is 12.1 Å². The topological polar surface area (TPSA) is 61.4 Å². The lowest BCUT2D eigenvalue weighted by Gasteiger charge is -2.33. The van der Waals surface area contributed by atoms with Crippen LogP contribution in [0.5, 0.6) is 0 Å². The Labute approximate surface area is 177 Å². The number of aromatic nitrogens is 2. The van der Waals surface area contributed by atoms with Gasteiger partial charge in [-0.2, -0.15) is 0 Å². The number of benzene rings is 1. The third kappa shape index (κ3) is 4.61. The van der Waals surface area contributed by atoms with Crippen LogP contribution in [0.1, 0.15) is 47.8 Å². The number of nitrogens with one attached hydrogen (secondary N) is 1. The van der Waals surface area contributed by atoms with E-state index < -0.39 is 0 Å². The molecule has 7 heteroatoms. The molecule has 2 aliphatic rings. The zero-order valence-corrected chi connectivity index (χ0v) is 17.8. The van der Waals surface area contributed by atoms with Gasteiger partial charge < -0.3 is 15.1 Å². The minimum absolute atomic E-state index is 0.150. The van der Waals surface area contributed by atoms with Gasteiger partial charge in [-0.3, -0.25) is 4.79 Å². The number of nitrogens with zero attached hydrogens (tertiary/aromatic N) is 4. The predicted octanol–water partition coefficient (Wildman–Crippen LogP) is 2.98. The second-order valence-corrected chi connectivity index (χ2v) is 8.40. The third-order valence-electron chi connectivity index (χ3n) is 6.19. The van der Waals surface area contributed by atoms with Crippen LogP contribution in [-0.2, 0) is 24.2 Å². The molecule has 0 aliphatic carbocycles. The van der Waals surface area contributed by atoms with Crippen LogP contribution in [-0.4, -0.2) is 59.4 Å². The van der Waals surface area contributed by atoms with Gasteiger partial charge >= 0.3 is 0 Å². The Hall–Kier alpha value is -2.54. The van der Waals surface area contributed by atoms with Gasteiger partial charge in [0.25, 0.3) is 0 Å². The fourth-order valence-electron chi connectivity index (χ4n) is 4.43. The van der Waals surface area contributed by atoms with E-state index in [1.165, 1.54) is 17.7 Å². The number of anilines is 1. The molecular formula is C23H30FN5O. The molecule has 2 aliphatic heterocycles. The molecule has 1 atom stereocenters. The number of halogens is 1. The van der Waals surface area contributed by atoms with Gasteiger partial charge in [-0.05, 0) is 44.0 Å². The summed E-state index contributed by atoms with van der Waals surface area (Å²) in [5, 5.41) is 3.25. The molecule has 1 unspecified atom stereocenters. The molecule has 2 aromatic rings. The Morgan fingerprint density at radius 3 is 2.80 bits per heavy atom. The summed E-state index contributed by atoms with van der Waals surface area (Å²) in [4.78, 5) is 26.8. The number of piperidine rings is 1. The first-order chi connectivity index (χ1) is 14.5. The van der Waals surface area contributed by atoms with E-state index in [2.05, 4.69) is 17.3 Å². The predicted molar refractivity (Wildman–Crippen MR) is 115 cm³/mol. The van der Waals surface area contributed by atoms with Crippen molar-refractivity contribution < 1.29 is 9.18 Å². The van der Waals surface area contributed by atoms with Crippen LogP contribution in [0.2, 0.25) is 0 Å². The number of hydrogen-bond acceptors (Lipinski definition) is 5. The van der Waals surface area contributed by atoms with Crippen molar-refractivity contribution in [3.8, 4) is 0 Å². The molecular weight excluding hydrogens is 381 g/mol. The van der Waals surface area contributed by atoms with Crippen molar-refractivity contribution in [3.63, 3.8) is 0 Å². The number of rotatable bonds is 5. The summed E-state index contributed by atoms with van der Waals surface area (Å²) < 4.78 is 13.1. The minimum Gasteiger partial charge on any atom is -0.373 e. The normalized spacial score (nSPS) is 19.4. The van der Waals surface area contributed by atoms with Crippen molar-refractivity contribution >= 4 is 11.7 Å². The zero-order valence-electron chi connectivity index (χ0n) is 17.8. The SMILES string of the molecule is CNc1nc(C2CCCN(C(=O)CCc3ccc(F)cc3)C2)nc2c1CN(C)CC2. The maximum Gasteiger partial charge on any atom is 0.222 e. The first-order valence-corrected chi connectivity index (χ1v) is 10.8. The standard InChI is InChI=1S/C23H30FN5O/c1-25-23-19-15-28(2)13-11-20(19)26-22(27-23)17-4-3-12-29(14-17)21(30)10-7-16-5-8-18(24)9-6-16/h5-6,8-9,17H,3-4,7,10-15H2,1-2H3,(H,25,26,27). The van der Waals surface area contributed by atoms with Crippen LogP contribution >= 0.6 is 0 Å². The molecule has 0 radical (unpaired) electrons. The van der Waals surface area contributed by atoms with Crippen LogP contribution in [0.25, 0.3) is 0 Å². The average molecular weight is 412 g/mol. The highest BCUT2D eigenvalue weighted by molar-refractivity contribution is 5.76. The molecule has 0 spiro atoms. The summed E-state index contributed by atoms with van der Waals surface area (Å²) in [7, 11) is 4.03. The monoisotopic (exact) mass is 411 g/mol. The van der Waals surface area contributed by atoms with Gasteiger partial charge in [0, 0.05) is 57.5 Å². The molecule has 3 heterocycles. The fraction of sp³-hybridized carbons (Fsp3) is 0.522. The molecule has 1 N–H and O–H groups in total. The van der Waals surface area contributed by atoms with Gasteiger partial charge in [0.2, 0.25) is 5.91 Å². The van der Waals surface area contributed by atoms with Gasteiger partial charge in [0.15, 0.2) is 0 Å². The van der Waals surface area contributed by atoms with Crippen LogP contribution in [0.4, 0.5) is 10.2 Å². The molecule has 1 aromatic carbocycles. The van der Waals surface area contributed by atoms with E-state index in [0.29, 0.717) is 19.4 Å². The molecule has 1 aromatic heterocycles. The van der Waals surface area contributed by atoms with E-state index in [0.717, 1.165) is 61.8 Å². The van der Waals surface area contributed by atoms with Crippen molar-refractivity contribution in [2.75, 3.05) is 39.0 Å². The molecule has 0 saturated carbocycles. The summed E-state index contributed by atoms with van der Waals surface area (Å²) in [5.41, 5.74) is 3.32. The van der Waals surface area contributed by atoms with Gasteiger partial charge in [0.1, 0.15) is 17.5 Å². The number of hydrogen-bond donors (Lipinski definition) is 1. The lowest BCUT2D eigenvalue weighted by molar-refractivity contribution is -0.132. The highest BCUT2D eigenvalue weighted by Crippen LogP contribution is 2.29. The Bertz CT molecular complexity index is 884. The van der Waals surface area contributed by atoms with Gasteiger partial charge in [-0.25, -0.2) is 14.4 Å². The second kappa shape index (κ2) is 9.08. The number of fused-ring (bicyclic) bond motifs is 1. The molecule has 1 amide bonds. The Balaban J connectivity index is 1.43. The lowest BCUT2D eigenvalue weighted by atomic mass is 9.95. The summed E-state index contributed by atoms with van der Waals surface area (Å²) >= 11 is 0. The number of aryl methyl sites for hydroxylation is 1. The second-order valence-electron chi connectivity index (χ2n) is 8.40. The number of likely N-dealkylation sites (N-methyl/N-ethyl adjacent to an activating group) is 1. The average Bonchev–Trinajstić information content (AvgIpc) is 2.78. The van der Waals surface area contributed by atoms with Crippen molar-refractivity contribution in [1.82, 2.24) is 19.8 Å². The van der Waals surface area contributed by atoms with Crippen molar-refractivity contribution in [3.05, 3.63) is 52.7 Å². The van der Waals surface area contributed by atoms with Gasteiger partial charge in [0.05, 0.1) is 5.69 Å². The summed E-state index contributed by atoms with van der Waals surface area (Å²) in [5.74, 6) is 1.85. The Morgan fingerprint density at radius 2 is 2.03 bits per heavy atom. The summed E-state index contributed by atoms with van der Waals surface area (Å²) in [6, 6.07) is 6.39. The van der Waals surface area contributed by atoms with Crippen molar-refractivity contribution in [2.45, 2.75) is 44.6 Å². The molecule has 160 valence electrons. The number of carbonyl (C=O) groups is 1. The van der Waals surface area contributed by atoms with Crippen LogP contribution < -0.4 is 5.32 Å². The maximum absolute atomic E-state index is 13.1. The quantitative estimate of drug-likeness (QED) is 0.820. The summed E-state index contributed by atoms with van der Waals surface area (Å²) in [6.07, 6.45) is 3.97. The van der Waals surface area contributed by atoms with E-state index in [-0.39, 0.29) is 17.6 Å². The van der Waals surface area contributed by atoms with E-state index in [4.69, 9.17) is 9.97 Å². The van der Waals surface area contributed by atoms with E-state index in [1.807, 2.05) is 11.9 Å². The molecule has 1 fully saturated rings. The zero-order chi connectivity index (χ0) is 21.1. The number of amides is 1. The maximum atomic E-state index is 13.1. The van der Waals surface area contributed by atoms with Gasteiger partial charge in [-0.15, -0.1) is 0 Å². The Morgan fingerprint density at radius 1 is 1.23 bits per heavy atom. The molecule has 4 rings (SSSR count). The first kappa shape index (κ1) is 20.7. The van der Waals surface area contributed by atoms with Crippen LogP contribution in [0, 0.1) is 5.82 Å². The van der Waals surface area contributed by atoms with Crippen LogP contribution in [0.15, 0.2) is 24.3 Å². The van der Waals surface area contributed by atoms with Crippen molar-refractivity contribution in [1.29, 1.82) is 0 Å². The van der Waals surface area contributed by atoms with E-state index in [9.17, 15) is 9.18 Å². The highest BCUT2D eigenvalue weighted by Gasteiger charge is 2.28. The summed E-state index contributed by atoms with van der Waals surface area (Å²) in [6.45, 7) is 3.33. The lowest BCUT2D eigenvalue weighted by Crippen LogP contribution is -2.40. The highest BCUT2D eigenvalue weighted by atomic mass is 19.1. The molecule has 0 bridgehead atoms. The molecule has 30 heavy (non-hydrogen) atoms. The number of likely N-dealkylation sites (tertiary alicyclic amines) is 1. The van der Waals surface area contributed by atoms with Gasteiger partial charge in [-0.1, -0.05) is 12.1 Å². The van der Waals surface area contributed by atoms with E-state index >= 15 is 0 Å².